The summed E-state index contributed by atoms with van der Waals surface area (Å²) in [5, 5.41) is 8.81. The zero-order valence-electron chi connectivity index (χ0n) is 32.5. The Labute approximate surface area is 304 Å². The summed E-state index contributed by atoms with van der Waals surface area (Å²) in [6, 6.07) is 0. The molecule has 0 aromatic heterocycles. The second-order valence-electron chi connectivity index (χ2n) is 14.2. The van der Waals surface area contributed by atoms with E-state index in [0.29, 0.717) is 6.42 Å². The van der Waals surface area contributed by atoms with Crippen LogP contribution in [0.5, 0.6) is 0 Å². The molecule has 0 aliphatic carbocycles. The van der Waals surface area contributed by atoms with Crippen LogP contribution in [0.2, 0.25) is 0 Å². The van der Waals surface area contributed by atoms with Crippen LogP contribution in [-0.4, -0.2) is 23.1 Å². The summed E-state index contributed by atoms with van der Waals surface area (Å²) in [5.41, 5.74) is 0. The van der Waals surface area contributed by atoms with Crippen molar-refractivity contribution in [1.29, 1.82) is 0 Å². The highest BCUT2D eigenvalue weighted by atomic mass is 16.5. The number of carbonyl (C=O) groups excluding carboxylic acids is 1. The number of aliphatic carboxylic acids is 1. The minimum absolute atomic E-state index is 0.0729. The van der Waals surface area contributed by atoms with E-state index in [9.17, 15) is 9.59 Å². The third-order valence-electron chi connectivity index (χ3n) is 9.30. The van der Waals surface area contributed by atoms with Crippen LogP contribution in [0, 0.1) is 0 Å². The van der Waals surface area contributed by atoms with Crippen LogP contribution in [0.25, 0.3) is 0 Å². The molecular weight excluding hydrogens is 604 g/mol. The van der Waals surface area contributed by atoms with E-state index in [0.717, 1.165) is 77.0 Å². The minimum Gasteiger partial charge on any atom is -0.481 e. The average molecular weight is 685 g/mol. The number of hydrogen-bond donors (Lipinski definition) is 1. The molecule has 1 N–H and O–H groups in total. The first-order valence-electron chi connectivity index (χ1n) is 21.1. The van der Waals surface area contributed by atoms with Crippen molar-refractivity contribution in [3.8, 4) is 0 Å². The van der Waals surface area contributed by atoms with E-state index in [2.05, 4.69) is 62.5 Å². The molecule has 284 valence electrons. The second-order valence-corrected chi connectivity index (χ2v) is 14.2. The van der Waals surface area contributed by atoms with Crippen LogP contribution in [0.1, 0.15) is 219 Å². The molecule has 0 spiro atoms. The van der Waals surface area contributed by atoms with Gasteiger partial charge in [0, 0.05) is 12.8 Å². The fourth-order valence-corrected chi connectivity index (χ4v) is 6.21. The van der Waals surface area contributed by atoms with Gasteiger partial charge in [-0.15, -0.1) is 0 Å². The summed E-state index contributed by atoms with van der Waals surface area (Å²) in [6.07, 6.45) is 54.4. The number of carboxylic acid groups (broad SMARTS) is 1. The van der Waals surface area contributed by atoms with Crippen LogP contribution in [0.4, 0.5) is 0 Å². The zero-order valence-corrected chi connectivity index (χ0v) is 32.5. The summed E-state index contributed by atoms with van der Waals surface area (Å²) in [6.45, 7) is 4.44. The number of carboxylic acids is 1. The van der Waals surface area contributed by atoms with Gasteiger partial charge in [-0.3, -0.25) is 9.59 Å². The summed E-state index contributed by atoms with van der Waals surface area (Å²) in [5.74, 6) is -0.789. The first-order chi connectivity index (χ1) is 24.1. The van der Waals surface area contributed by atoms with Crippen molar-refractivity contribution in [2.45, 2.75) is 225 Å². The Hall–Kier alpha value is -2.10. The molecule has 0 aliphatic rings. The number of allylic oxidation sites excluding steroid dienone is 7. The highest BCUT2D eigenvalue weighted by molar-refractivity contribution is 5.69. The van der Waals surface area contributed by atoms with Gasteiger partial charge in [-0.1, -0.05) is 198 Å². The third-order valence-corrected chi connectivity index (χ3v) is 9.30. The van der Waals surface area contributed by atoms with Crippen molar-refractivity contribution in [2.75, 3.05) is 0 Å². The maximum absolute atomic E-state index is 12.6. The van der Waals surface area contributed by atoms with Crippen molar-refractivity contribution in [3.63, 3.8) is 0 Å². The van der Waals surface area contributed by atoms with E-state index in [1.54, 1.807) is 0 Å². The summed E-state index contributed by atoms with van der Waals surface area (Å²) < 4.78 is 5.90. The Balaban J connectivity index is 4.00. The Bertz CT molecular complexity index is 824. The smallest absolute Gasteiger partial charge is 0.306 e. The van der Waals surface area contributed by atoms with Crippen molar-refractivity contribution in [2.24, 2.45) is 0 Å². The van der Waals surface area contributed by atoms with Gasteiger partial charge in [0.2, 0.25) is 0 Å². The number of unbranched alkanes of at least 4 members (excludes halogenated alkanes) is 23. The van der Waals surface area contributed by atoms with E-state index in [-0.39, 0.29) is 18.5 Å². The second kappa shape index (κ2) is 40.3. The standard InChI is InChI=1S/C45H80O4/c1-3-5-7-9-11-13-15-16-17-18-19-20-21-22-23-25-27-29-34-38-42-45(48)49-43(40-36-32-30-33-37-41-44(46)47)39-35-31-28-26-24-14-12-10-8-6-4-2/h6,8,12,14,26,28,35,39,43H,3-5,7,9-11,13,15-25,27,29-34,36-38,40-42H2,1-2H3,(H,46,47)/b8-6-,14-12-,28-26-,39-35-. The molecule has 4 heteroatoms. The molecule has 1 unspecified atom stereocenters. The van der Waals surface area contributed by atoms with Gasteiger partial charge >= 0.3 is 11.9 Å². The molecule has 0 aliphatic heterocycles. The monoisotopic (exact) mass is 685 g/mol. The maximum atomic E-state index is 12.6. The first kappa shape index (κ1) is 46.9. The molecule has 1 atom stereocenters. The number of carbonyl (C=O) groups is 2. The van der Waals surface area contributed by atoms with Gasteiger partial charge in [0.1, 0.15) is 6.10 Å². The quantitative estimate of drug-likeness (QED) is 0.0399. The molecule has 0 rings (SSSR count). The summed E-state index contributed by atoms with van der Waals surface area (Å²) in [7, 11) is 0. The van der Waals surface area contributed by atoms with Crippen LogP contribution < -0.4 is 0 Å². The Morgan fingerprint density at radius 2 is 0.837 bits per heavy atom. The fraction of sp³-hybridized carbons (Fsp3) is 0.778. The highest BCUT2D eigenvalue weighted by Gasteiger charge is 2.11. The predicted octanol–water partition coefficient (Wildman–Crippen LogP) is 14.7. The molecular formula is C45H80O4. The van der Waals surface area contributed by atoms with Crippen LogP contribution in [0.15, 0.2) is 48.6 Å². The topological polar surface area (TPSA) is 63.6 Å². The van der Waals surface area contributed by atoms with Crippen LogP contribution >= 0.6 is 0 Å². The molecule has 0 heterocycles. The predicted molar refractivity (Wildman–Crippen MR) is 213 cm³/mol. The Morgan fingerprint density at radius 1 is 0.469 bits per heavy atom. The van der Waals surface area contributed by atoms with Crippen molar-refractivity contribution in [1.82, 2.24) is 0 Å². The summed E-state index contributed by atoms with van der Waals surface area (Å²) >= 11 is 0. The normalized spacial score (nSPS) is 12.7. The number of hydrogen-bond acceptors (Lipinski definition) is 3. The number of esters is 1. The SMILES string of the molecule is CC/C=C\C/C=C\C/C=C\C/C=C\C(CCCCCCCC(=O)O)OC(=O)CCCCCCCCCCCCCCCCCCCCCC. The van der Waals surface area contributed by atoms with E-state index in [1.807, 2.05) is 0 Å². The minimum atomic E-state index is -0.716. The lowest BCUT2D eigenvalue weighted by Gasteiger charge is -2.14. The van der Waals surface area contributed by atoms with Crippen LogP contribution in [-0.2, 0) is 14.3 Å². The van der Waals surface area contributed by atoms with Gasteiger partial charge in [-0.2, -0.15) is 0 Å². The lowest BCUT2D eigenvalue weighted by atomic mass is 10.0. The molecule has 0 bridgehead atoms. The van der Waals surface area contributed by atoms with Gasteiger partial charge in [-0.05, 0) is 57.4 Å². The largest absolute Gasteiger partial charge is 0.481 e. The zero-order chi connectivity index (χ0) is 35.7. The van der Waals surface area contributed by atoms with Gasteiger partial charge in [-0.25, -0.2) is 0 Å². The van der Waals surface area contributed by atoms with E-state index in [4.69, 9.17) is 9.84 Å². The fourth-order valence-electron chi connectivity index (χ4n) is 6.21. The molecule has 0 radical (unpaired) electrons. The van der Waals surface area contributed by atoms with E-state index < -0.39 is 5.97 Å². The van der Waals surface area contributed by atoms with E-state index >= 15 is 0 Å². The Kier molecular flexibility index (Phi) is 38.6. The summed E-state index contributed by atoms with van der Waals surface area (Å²) in [4.78, 5) is 23.4. The lowest BCUT2D eigenvalue weighted by molar-refractivity contribution is -0.147. The van der Waals surface area contributed by atoms with Crippen molar-refractivity contribution in [3.05, 3.63) is 48.6 Å². The molecule has 0 saturated carbocycles. The molecule has 0 saturated heterocycles. The van der Waals surface area contributed by atoms with Gasteiger partial charge in [0.05, 0.1) is 0 Å². The van der Waals surface area contributed by atoms with Crippen LogP contribution in [0.3, 0.4) is 0 Å². The number of ether oxygens (including phenoxy) is 1. The van der Waals surface area contributed by atoms with Crippen molar-refractivity contribution >= 4 is 11.9 Å². The molecule has 0 aromatic rings. The molecule has 4 nitrogen and oxygen atoms in total. The third kappa shape index (κ3) is 40.2. The van der Waals surface area contributed by atoms with Gasteiger partial charge in [0.25, 0.3) is 0 Å². The first-order valence-corrected chi connectivity index (χ1v) is 21.1. The molecule has 49 heavy (non-hydrogen) atoms. The molecule has 0 aromatic carbocycles. The maximum Gasteiger partial charge on any atom is 0.306 e. The van der Waals surface area contributed by atoms with Gasteiger partial charge < -0.3 is 9.84 Å². The number of rotatable bonds is 38. The molecule has 0 amide bonds. The average Bonchev–Trinajstić information content (AvgIpc) is 3.09. The lowest BCUT2D eigenvalue weighted by Crippen LogP contribution is -2.16. The van der Waals surface area contributed by atoms with Crippen molar-refractivity contribution < 1.29 is 19.4 Å². The highest BCUT2D eigenvalue weighted by Crippen LogP contribution is 2.17. The Morgan fingerprint density at radius 3 is 1.27 bits per heavy atom. The van der Waals surface area contributed by atoms with E-state index in [1.165, 1.54) is 116 Å². The molecule has 0 fully saturated rings. The van der Waals surface area contributed by atoms with Gasteiger partial charge in [0.15, 0.2) is 0 Å².